The molecule has 0 saturated carbocycles. The molecule has 0 bridgehead atoms. The number of carbonyl (C=O) groups excluding carboxylic acids is 1. The van der Waals surface area contributed by atoms with Crippen LogP contribution in [0.4, 0.5) is 0 Å². The van der Waals surface area contributed by atoms with Gasteiger partial charge >= 0.3 is 5.97 Å². The first-order valence-corrected chi connectivity index (χ1v) is 14.5. The molecule has 10 heteroatoms. The number of fused-ring (bicyclic) bond motifs is 1. The molecule has 8 nitrogen and oxygen atoms in total. The van der Waals surface area contributed by atoms with Crippen molar-refractivity contribution in [2.75, 3.05) is 20.3 Å². The third-order valence-electron chi connectivity index (χ3n) is 5.95. The minimum Gasteiger partial charge on any atom is -0.493 e. The summed E-state index contributed by atoms with van der Waals surface area (Å²) in [6, 6.07) is 10.3. The van der Waals surface area contributed by atoms with E-state index in [1.807, 2.05) is 50.2 Å². The average molecular weight is 673 g/mol. The molecule has 208 valence electrons. The summed E-state index contributed by atoms with van der Waals surface area (Å²) in [7, 11) is 1.54. The Bertz CT molecular complexity index is 1700. The van der Waals surface area contributed by atoms with Gasteiger partial charge in [-0.25, -0.2) is 9.79 Å². The SMILES string of the molecule is C#CCOc1c(/C=c2\sc3n(c2=O)[C@@H](c2ccccc2OC(C)C)C(C(=O)OCC)=C(C)N=3)cc(I)cc1OC. The van der Waals surface area contributed by atoms with E-state index in [-0.39, 0.29) is 30.5 Å². The Balaban J connectivity index is 2.00. The Morgan fingerprint density at radius 3 is 2.70 bits per heavy atom. The fourth-order valence-electron chi connectivity index (χ4n) is 4.41. The Morgan fingerprint density at radius 1 is 1.27 bits per heavy atom. The van der Waals surface area contributed by atoms with Crippen LogP contribution in [0.2, 0.25) is 0 Å². The van der Waals surface area contributed by atoms with Crippen molar-refractivity contribution < 1.29 is 23.7 Å². The summed E-state index contributed by atoms with van der Waals surface area (Å²) in [6.07, 6.45) is 7.04. The van der Waals surface area contributed by atoms with E-state index >= 15 is 0 Å². The molecular weight excluding hydrogens is 643 g/mol. The van der Waals surface area contributed by atoms with Crippen LogP contribution in [-0.4, -0.2) is 37.0 Å². The largest absolute Gasteiger partial charge is 0.493 e. The number of hydrogen-bond donors (Lipinski definition) is 0. The number of benzene rings is 2. The minimum absolute atomic E-state index is 0.0355. The van der Waals surface area contributed by atoms with Gasteiger partial charge in [0.05, 0.1) is 35.6 Å². The molecule has 40 heavy (non-hydrogen) atoms. The molecule has 0 amide bonds. The number of nitrogens with zero attached hydrogens (tertiary/aromatic N) is 2. The number of hydrogen-bond acceptors (Lipinski definition) is 8. The van der Waals surface area contributed by atoms with Gasteiger partial charge in [0, 0.05) is 14.7 Å². The predicted molar refractivity (Wildman–Crippen MR) is 163 cm³/mol. The molecule has 0 radical (unpaired) electrons. The van der Waals surface area contributed by atoms with Crippen molar-refractivity contribution in [3.05, 3.63) is 82.1 Å². The second-order valence-corrected chi connectivity index (χ2v) is 11.3. The molecule has 0 saturated heterocycles. The lowest BCUT2D eigenvalue weighted by molar-refractivity contribution is -0.139. The van der Waals surface area contributed by atoms with E-state index in [1.165, 1.54) is 15.9 Å². The molecule has 2 heterocycles. The zero-order chi connectivity index (χ0) is 29.0. The Kier molecular flexibility index (Phi) is 9.37. The second-order valence-electron chi connectivity index (χ2n) is 9.03. The van der Waals surface area contributed by atoms with Gasteiger partial charge in [0.1, 0.15) is 18.4 Å². The number of carbonyl (C=O) groups is 1. The number of thiazole rings is 1. The van der Waals surface area contributed by atoms with Crippen molar-refractivity contribution in [1.82, 2.24) is 4.57 Å². The molecule has 0 fully saturated rings. The molecule has 1 aromatic heterocycles. The van der Waals surface area contributed by atoms with Crippen LogP contribution in [0.25, 0.3) is 6.08 Å². The number of aromatic nitrogens is 1. The monoisotopic (exact) mass is 672 g/mol. The number of methoxy groups -OCH3 is 1. The van der Waals surface area contributed by atoms with E-state index in [1.54, 1.807) is 27.0 Å². The number of esters is 1. The lowest BCUT2D eigenvalue weighted by Crippen LogP contribution is -2.40. The topological polar surface area (TPSA) is 88.4 Å². The van der Waals surface area contributed by atoms with Crippen LogP contribution < -0.4 is 29.1 Å². The average Bonchev–Trinajstić information content (AvgIpc) is 3.21. The molecular formula is C30H29IN2O6S. The maximum atomic E-state index is 14.1. The van der Waals surface area contributed by atoms with Crippen molar-refractivity contribution in [2.45, 2.75) is 39.8 Å². The molecule has 2 aromatic carbocycles. The van der Waals surface area contributed by atoms with E-state index in [0.29, 0.717) is 43.4 Å². The van der Waals surface area contributed by atoms with E-state index in [0.717, 1.165) is 3.57 Å². The van der Waals surface area contributed by atoms with Gasteiger partial charge < -0.3 is 18.9 Å². The number of halogens is 1. The molecule has 1 aliphatic heterocycles. The summed E-state index contributed by atoms with van der Waals surface area (Å²) in [4.78, 5) is 32.5. The van der Waals surface area contributed by atoms with Crippen LogP contribution in [-0.2, 0) is 9.53 Å². The Labute approximate surface area is 250 Å². The fraction of sp³-hybridized carbons (Fsp3) is 0.300. The van der Waals surface area contributed by atoms with Crippen LogP contribution in [0.5, 0.6) is 17.2 Å². The number of terminal acetylenes is 1. The number of para-hydroxylation sites is 1. The lowest BCUT2D eigenvalue weighted by Gasteiger charge is -2.26. The maximum Gasteiger partial charge on any atom is 0.338 e. The van der Waals surface area contributed by atoms with Gasteiger partial charge in [-0.3, -0.25) is 9.36 Å². The zero-order valence-electron chi connectivity index (χ0n) is 22.8. The third-order valence-corrected chi connectivity index (χ3v) is 7.55. The molecule has 0 aliphatic carbocycles. The highest BCUT2D eigenvalue weighted by Gasteiger charge is 2.35. The highest BCUT2D eigenvalue weighted by atomic mass is 127. The third kappa shape index (κ3) is 5.95. The number of rotatable bonds is 9. The first-order valence-electron chi connectivity index (χ1n) is 12.6. The fourth-order valence-corrected chi connectivity index (χ4v) is 6.07. The number of allylic oxidation sites excluding steroid dienone is 1. The van der Waals surface area contributed by atoms with Crippen LogP contribution in [0.15, 0.2) is 57.5 Å². The molecule has 1 atom stereocenters. The maximum absolute atomic E-state index is 14.1. The van der Waals surface area contributed by atoms with Gasteiger partial charge in [-0.15, -0.1) is 6.42 Å². The highest BCUT2D eigenvalue weighted by molar-refractivity contribution is 14.1. The van der Waals surface area contributed by atoms with Crippen molar-refractivity contribution in [1.29, 1.82) is 0 Å². The standard InChI is InChI=1S/C30H29IN2O6S/c1-7-13-38-27-19(14-20(31)16-23(27)36-6)15-24-28(34)33-26(21-11-9-10-12-22(21)39-17(3)4)25(29(35)37-8-2)18(5)32-30(33)40-24/h1,9-12,14-17,26H,8,13H2,2-6H3/b24-15-/t26-/m0/s1. The lowest BCUT2D eigenvalue weighted by atomic mass is 9.95. The van der Waals surface area contributed by atoms with Crippen molar-refractivity contribution >= 4 is 46.0 Å². The number of ether oxygens (including phenoxy) is 4. The normalized spacial score (nSPS) is 14.8. The summed E-state index contributed by atoms with van der Waals surface area (Å²) in [5, 5.41) is 0. The van der Waals surface area contributed by atoms with Gasteiger partial charge in [-0.05, 0) is 74.6 Å². The summed E-state index contributed by atoms with van der Waals surface area (Å²) in [6.45, 7) is 7.55. The minimum atomic E-state index is -0.796. The Morgan fingerprint density at radius 2 is 2.02 bits per heavy atom. The van der Waals surface area contributed by atoms with E-state index in [4.69, 9.17) is 25.4 Å². The van der Waals surface area contributed by atoms with Crippen LogP contribution in [0, 0.1) is 15.9 Å². The van der Waals surface area contributed by atoms with E-state index in [2.05, 4.69) is 33.5 Å². The quantitative estimate of drug-likeness (QED) is 0.193. The predicted octanol–water partition coefficient (Wildman–Crippen LogP) is 4.21. The molecule has 3 aromatic rings. The summed E-state index contributed by atoms with van der Waals surface area (Å²) < 4.78 is 25.7. The molecule has 0 spiro atoms. The summed E-state index contributed by atoms with van der Waals surface area (Å²) in [5.41, 5.74) is 1.74. The summed E-state index contributed by atoms with van der Waals surface area (Å²) >= 11 is 3.39. The first kappa shape index (κ1) is 29.4. The molecule has 4 rings (SSSR count). The highest BCUT2D eigenvalue weighted by Crippen LogP contribution is 2.37. The van der Waals surface area contributed by atoms with Crippen molar-refractivity contribution in [3.8, 4) is 29.6 Å². The second kappa shape index (κ2) is 12.7. The Hall–Kier alpha value is -3.56. The van der Waals surface area contributed by atoms with Crippen LogP contribution >= 0.6 is 33.9 Å². The zero-order valence-corrected chi connectivity index (χ0v) is 25.8. The molecule has 0 unspecified atom stereocenters. The van der Waals surface area contributed by atoms with Crippen LogP contribution in [0.1, 0.15) is 44.9 Å². The van der Waals surface area contributed by atoms with E-state index in [9.17, 15) is 9.59 Å². The summed E-state index contributed by atoms with van der Waals surface area (Å²) in [5.74, 6) is 3.43. The van der Waals surface area contributed by atoms with Gasteiger partial charge in [-0.2, -0.15) is 0 Å². The van der Waals surface area contributed by atoms with E-state index < -0.39 is 12.0 Å². The van der Waals surface area contributed by atoms with Crippen molar-refractivity contribution in [2.24, 2.45) is 4.99 Å². The smallest absolute Gasteiger partial charge is 0.338 e. The van der Waals surface area contributed by atoms with Gasteiger partial charge in [-0.1, -0.05) is 35.5 Å². The van der Waals surface area contributed by atoms with Crippen LogP contribution in [0.3, 0.4) is 0 Å². The molecule has 1 aliphatic rings. The van der Waals surface area contributed by atoms with Gasteiger partial charge in [0.15, 0.2) is 16.3 Å². The first-order chi connectivity index (χ1) is 19.2. The van der Waals surface area contributed by atoms with Crippen molar-refractivity contribution in [3.63, 3.8) is 0 Å². The molecule has 0 N–H and O–H groups in total. The van der Waals surface area contributed by atoms with Gasteiger partial charge in [0.2, 0.25) is 0 Å². The van der Waals surface area contributed by atoms with Gasteiger partial charge in [0.25, 0.3) is 5.56 Å².